The minimum atomic E-state index is 0.242. The van der Waals surface area contributed by atoms with Gasteiger partial charge in [0.2, 0.25) is 0 Å². The van der Waals surface area contributed by atoms with Crippen molar-refractivity contribution in [3.05, 3.63) is 0 Å². The van der Waals surface area contributed by atoms with Crippen molar-refractivity contribution in [3.8, 4) is 0 Å². The molecule has 2 heteroatoms. The Morgan fingerprint density at radius 3 is 2.08 bits per heavy atom. The van der Waals surface area contributed by atoms with Gasteiger partial charge in [-0.15, -0.1) is 0 Å². The molecule has 1 fully saturated rings. The van der Waals surface area contributed by atoms with Crippen molar-refractivity contribution < 1.29 is 0 Å². The maximum absolute atomic E-state index is 3.69. The molecule has 1 heterocycles. The Bertz CT molecular complexity index is 140. The molecule has 2 N–H and O–H groups in total. The number of rotatable bonds is 1. The molecule has 12 heavy (non-hydrogen) atoms. The summed E-state index contributed by atoms with van der Waals surface area (Å²) in [7, 11) is 0. The Morgan fingerprint density at radius 1 is 1.17 bits per heavy atom. The topological polar surface area (TPSA) is 24.1 Å². The van der Waals surface area contributed by atoms with Crippen molar-refractivity contribution in [2.75, 3.05) is 13.1 Å². The predicted octanol–water partition coefficient (Wildman–Crippen LogP) is 1.52. The summed E-state index contributed by atoms with van der Waals surface area (Å²) in [5, 5.41) is 7.08. The summed E-state index contributed by atoms with van der Waals surface area (Å²) in [6, 6.07) is 0. The van der Waals surface area contributed by atoms with Gasteiger partial charge in [0.15, 0.2) is 0 Å². The van der Waals surface area contributed by atoms with Crippen LogP contribution in [0, 0.1) is 0 Å². The highest BCUT2D eigenvalue weighted by Gasteiger charge is 2.29. The largest absolute Gasteiger partial charge is 0.317 e. The Morgan fingerprint density at radius 2 is 1.67 bits per heavy atom. The summed E-state index contributed by atoms with van der Waals surface area (Å²) < 4.78 is 0. The van der Waals surface area contributed by atoms with E-state index in [2.05, 4.69) is 38.3 Å². The second kappa shape index (κ2) is 3.35. The highest BCUT2D eigenvalue weighted by molar-refractivity contribution is 4.92. The minimum Gasteiger partial charge on any atom is -0.317 e. The van der Waals surface area contributed by atoms with E-state index >= 15 is 0 Å². The number of piperidine rings is 1. The maximum Gasteiger partial charge on any atom is 0.0182 e. The fourth-order valence-corrected chi connectivity index (χ4v) is 2.01. The van der Waals surface area contributed by atoms with Gasteiger partial charge in [-0.25, -0.2) is 0 Å². The molecule has 0 aliphatic carbocycles. The van der Waals surface area contributed by atoms with E-state index in [1.165, 1.54) is 12.8 Å². The highest BCUT2D eigenvalue weighted by Crippen LogP contribution is 2.20. The van der Waals surface area contributed by atoms with Gasteiger partial charge in [0.05, 0.1) is 0 Å². The molecular weight excluding hydrogens is 148 g/mol. The third-order valence-corrected chi connectivity index (χ3v) is 2.38. The van der Waals surface area contributed by atoms with E-state index in [0.29, 0.717) is 5.54 Å². The zero-order chi connectivity index (χ0) is 9.24. The Kier molecular flexibility index (Phi) is 2.79. The smallest absolute Gasteiger partial charge is 0.0182 e. The monoisotopic (exact) mass is 170 g/mol. The SMILES string of the molecule is CC(C)(C)NC1(C)CCNCC1. The van der Waals surface area contributed by atoms with E-state index < -0.39 is 0 Å². The van der Waals surface area contributed by atoms with Crippen LogP contribution in [-0.4, -0.2) is 24.2 Å². The van der Waals surface area contributed by atoms with Crippen LogP contribution in [0.1, 0.15) is 40.5 Å². The van der Waals surface area contributed by atoms with Gasteiger partial charge in [0.25, 0.3) is 0 Å². The van der Waals surface area contributed by atoms with Crippen molar-refractivity contribution in [3.63, 3.8) is 0 Å². The highest BCUT2D eigenvalue weighted by atomic mass is 15.1. The Balaban J connectivity index is 2.47. The molecule has 0 aromatic heterocycles. The van der Waals surface area contributed by atoms with E-state index in [9.17, 15) is 0 Å². The van der Waals surface area contributed by atoms with Crippen LogP contribution >= 0.6 is 0 Å². The molecule has 0 radical (unpaired) electrons. The molecule has 1 rings (SSSR count). The first-order valence-corrected chi connectivity index (χ1v) is 4.91. The van der Waals surface area contributed by atoms with Gasteiger partial charge in [-0.1, -0.05) is 0 Å². The molecule has 1 aliphatic rings. The summed E-state index contributed by atoms with van der Waals surface area (Å²) >= 11 is 0. The molecule has 1 saturated heterocycles. The zero-order valence-corrected chi connectivity index (χ0v) is 8.83. The molecular formula is C10H22N2. The lowest BCUT2D eigenvalue weighted by atomic mass is 9.88. The lowest BCUT2D eigenvalue weighted by Crippen LogP contribution is -2.56. The first-order valence-electron chi connectivity index (χ1n) is 4.91. The van der Waals surface area contributed by atoms with Crippen molar-refractivity contribution in [1.82, 2.24) is 10.6 Å². The number of nitrogens with one attached hydrogen (secondary N) is 2. The second-order valence-electron chi connectivity index (χ2n) is 5.19. The van der Waals surface area contributed by atoms with E-state index in [4.69, 9.17) is 0 Å². The molecule has 0 amide bonds. The van der Waals surface area contributed by atoms with E-state index in [1.54, 1.807) is 0 Å². The average Bonchev–Trinajstić information content (AvgIpc) is 1.83. The van der Waals surface area contributed by atoms with Crippen molar-refractivity contribution >= 4 is 0 Å². The fourth-order valence-electron chi connectivity index (χ4n) is 2.01. The Hall–Kier alpha value is -0.0800. The van der Waals surface area contributed by atoms with Crippen LogP contribution in [-0.2, 0) is 0 Å². The summed E-state index contributed by atoms with van der Waals surface area (Å²) in [6.45, 7) is 11.3. The van der Waals surface area contributed by atoms with Gasteiger partial charge in [-0.3, -0.25) is 0 Å². The Labute approximate surface area is 76.1 Å². The van der Waals surface area contributed by atoms with Gasteiger partial charge < -0.3 is 10.6 Å². The van der Waals surface area contributed by atoms with E-state index in [-0.39, 0.29) is 5.54 Å². The van der Waals surface area contributed by atoms with E-state index in [0.717, 1.165) is 13.1 Å². The molecule has 2 nitrogen and oxygen atoms in total. The van der Waals surface area contributed by atoms with Gasteiger partial charge in [0, 0.05) is 11.1 Å². The molecule has 0 aromatic rings. The second-order valence-corrected chi connectivity index (χ2v) is 5.19. The third kappa shape index (κ3) is 3.11. The normalized spacial score (nSPS) is 24.0. The molecule has 0 spiro atoms. The maximum atomic E-state index is 3.69. The first kappa shape index (κ1) is 10.0. The van der Waals surface area contributed by atoms with Crippen molar-refractivity contribution in [2.45, 2.75) is 51.6 Å². The molecule has 0 bridgehead atoms. The summed E-state index contributed by atoms with van der Waals surface area (Å²) in [5.41, 5.74) is 0.593. The summed E-state index contributed by atoms with van der Waals surface area (Å²) in [4.78, 5) is 0. The molecule has 0 aromatic carbocycles. The van der Waals surface area contributed by atoms with Crippen molar-refractivity contribution in [2.24, 2.45) is 0 Å². The standard InChI is InChI=1S/C10H22N2/c1-9(2,3)12-10(4)5-7-11-8-6-10/h11-12H,5-8H2,1-4H3. The molecule has 0 unspecified atom stereocenters. The fraction of sp³-hybridized carbons (Fsp3) is 1.00. The van der Waals surface area contributed by atoms with Crippen molar-refractivity contribution in [1.29, 1.82) is 0 Å². The summed E-state index contributed by atoms with van der Waals surface area (Å²) in [6.07, 6.45) is 2.48. The average molecular weight is 170 g/mol. The third-order valence-electron chi connectivity index (χ3n) is 2.38. The quantitative estimate of drug-likeness (QED) is 0.623. The van der Waals surface area contributed by atoms with Crippen LogP contribution < -0.4 is 10.6 Å². The van der Waals surface area contributed by atoms with Gasteiger partial charge >= 0.3 is 0 Å². The number of hydrogen-bond acceptors (Lipinski definition) is 2. The van der Waals surface area contributed by atoms with Crippen LogP contribution in [0.4, 0.5) is 0 Å². The summed E-state index contributed by atoms with van der Waals surface area (Å²) in [5.74, 6) is 0. The first-order chi connectivity index (χ1) is 5.41. The zero-order valence-electron chi connectivity index (χ0n) is 8.83. The van der Waals surface area contributed by atoms with Crippen LogP contribution in [0.2, 0.25) is 0 Å². The lowest BCUT2D eigenvalue weighted by Gasteiger charge is -2.40. The van der Waals surface area contributed by atoms with Gasteiger partial charge in [0.1, 0.15) is 0 Å². The van der Waals surface area contributed by atoms with Crippen LogP contribution in [0.15, 0.2) is 0 Å². The molecule has 72 valence electrons. The minimum absolute atomic E-state index is 0.242. The lowest BCUT2D eigenvalue weighted by molar-refractivity contribution is 0.208. The molecule has 0 atom stereocenters. The predicted molar refractivity (Wildman–Crippen MR) is 53.4 cm³/mol. The number of hydrogen-bond donors (Lipinski definition) is 2. The van der Waals surface area contributed by atoms with Gasteiger partial charge in [-0.2, -0.15) is 0 Å². The molecule has 1 aliphatic heterocycles. The van der Waals surface area contributed by atoms with Crippen LogP contribution in [0.25, 0.3) is 0 Å². The van der Waals surface area contributed by atoms with Crippen LogP contribution in [0.5, 0.6) is 0 Å². The van der Waals surface area contributed by atoms with Crippen LogP contribution in [0.3, 0.4) is 0 Å². The van der Waals surface area contributed by atoms with Gasteiger partial charge in [-0.05, 0) is 53.6 Å². The molecule has 0 saturated carbocycles. The van der Waals surface area contributed by atoms with E-state index in [1.807, 2.05) is 0 Å².